The maximum Gasteiger partial charge on any atom is 0.285 e. The molecule has 0 saturated carbocycles. The molecule has 6 nitrogen and oxygen atoms in total. The summed E-state index contributed by atoms with van der Waals surface area (Å²) in [7, 11) is 3.42. The standard InChI is InChI=1S/C23H24N4O2S/c1-16-21(17(2)27(25-16)19-8-6-5-7-9-19)14-15-22(28)24-18-10-12-20(13-11-18)30-23(29)26(3)4/h5-15H,1-4H3,(H,24,28)/b15-14+. The number of aromatic nitrogens is 2. The van der Waals surface area contributed by atoms with Gasteiger partial charge in [-0.25, -0.2) is 4.68 Å². The summed E-state index contributed by atoms with van der Waals surface area (Å²) in [4.78, 5) is 26.4. The predicted molar refractivity (Wildman–Crippen MR) is 122 cm³/mol. The van der Waals surface area contributed by atoms with Gasteiger partial charge in [-0.2, -0.15) is 5.10 Å². The Bertz CT molecular complexity index is 1070. The van der Waals surface area contributed by atoms with Crippen LogP contribution in [-0.2, 0) is 4.79 Å². The number of para-hydroxylation sites is 1. The van der Waals surface area contributed by atoms with E-state index in [1.165, 1.54) is 11.0 Å². The summed E-state index contributed by atoms with van der Waals surface area (Å²) in [6.45, 7) is 3.91. The number of anilines is 1. The molecule has 1 heterocycles. The van der Waals surface area contributed by atoms with Gasteiger partial charge < -0.3 is 10.2 Å². The topological polar surface area (TPSA) is 67.2 Å². The lowest BCUT2D eigenvalue weighted by Gasteiger charge is -2.09. The van der Waals surface area contributed by atoms with Gasteiger partial charge in [-0.15, -0.1) is 0 Å². The predicted octanol–water partition coefficient (Wildman–Crippen LogP) is 4.91. The van der Waals surface area contributed by atoms with Gasteiger partial charge in [0.05, 0.1) is 11.4 Å². The summed E-state index contributed by atoms with van der Waals surface area (Å²) in [6.07, 6.45) is 3.29. The van der Waals surface area contributed by atoms with Crippen molar-refractivity contribution in [2.45, 2.75) is 18.7 Å². The van der Waals surface area contributed by atoms with Crippen LogP contribution in [0.15, 0.2) is 65.6 Å². The first-order valence-corrected chi connectivity index (χ1v) is 10.3. The van der Waals surface area contributed by atoms with Gasteiger partial charge in [0.15, 0.2) is 0 Å². The van der Waals surface area contributed by atoms with E-state index < -0.39 is 0 Å². The number of nitrogens with zero attached hydrogens (tertiary/aromatic N) is 3. The summed E-state index contributed by atoms with van der Waals surface area (Å²) in [6, 6.07) is 17.1. The molecule has 0 aliphatic rings. The third kappa shape index (κ3) is 5.18. The SMILES string of the molecule is Cc1nn(-c2ccccc2)c(C)c1/C=C/C(=O)Nc1ccc(SC(=O)N(C)C)cc1. The first kappa shape index (κ1) is 21.4. The minimum absolute atomic E-state index is 0.0449. The second-order valence-corrected chi connectivity index (χ2v) is 7.97. The second kappa shape index (κ2) is 9.45. The fraction of sp³-hybridized carbons (Fsp3) is 0.174. The molecule has 154 valence electrons. The Morgan fingerprint density at radius 3 is 2.33 bits per heavy atom. The zero-order chi connectivity index (χ0) is 21.7. The molecule has 30 heavy (non-hydrogen) atoms. The van der Waals surface area contributed by atoms with Crippen molar-refractivity contribution >= 4 is 34.7 Å². The van der Waals surface area contributed by atoms with Gasteiger partial charge in [0.1, 0.15) is 0 Å². The first-order valence-electron chi connectivity index (χ1n) is 9.45. The molecule has 3 aromatic rings. The third-order valence-corrected chi connectivity index (χ3v) is 5.49. The van der Waals surface area contributed by atoms with Crippen molar-refractivity contribution in [3.8, 4) is 5.69 Å². The Morgan fingerprint density at radius 2 is 1.70 bits per heavy atom. The van der Waals surface area contributed by atoms with Gasteiger partial charge in [-0.1, -0.05) is 18.2 Å². The summed E-state index contributed by atoms with van der Waals surface area (Å²) in [5, 5.41) is 7.38. The summed E-state index contributed by atoms with van der Waals surface area (Å²) in [5.74, 6) is -0.231. The molecule has 1 aromatic heterocycles. The van der Waals surface area contributed by atoms with Crippen LogP contribution in [0, 0.1) is 13.8 Å². The lowest BCUT2D eigenvalue weighted by atomic mass is 10.2. The molecule has 0 atom stereocenters. The number of nitrogens with one attached hydrogen (secondary N) is 1. The lowest BCUT2D eigenvalue weighted by Crippen LogP contribution is -2.16. The molecular formula is C23H24N4O2S. The summed E-state index contributed by atoms with van der Waals surface area (Å²) < 4.78 is 1.87. The number of amides is 2. The van der Waals surface area contributed by atoms with E-state index in [1.807, 2.05) is 61.0 Å². The largest absolute Gasteiger partial charge is 0.339 e. The van der Waals surface area contributed by atoms with E-state index in [0.717, 1.165) is 39.3 Å². The molecule has 3 rings (SSSR count). The zero-order valence-electron chi connectivity index (χ0n) is 17.4. The van der Waals surface area contributed by atoms with Crippen LogP contribution in [0.4, 0.5) is 10.5 Å². The molecule has 0 spiro atoms. The highest BCUT2D eigenvalue weighted by Gasteiger charge is 2.11. The number of hydrogen-bond donors (Lipinski definition) is 1. The Kier molecular flexibility index (Phi) is 6.74. The summed E-state index contributed by atoms with van der Waals surface area (Å²) >= 11 is 1.14. The molecule has 0 radical (unpaired) electrons. The Hall–Kier alpha value is -3.32. The maximum atomic E-state index is 12.3. The number of hydrogen-bond acceptors (Lipinski definition) is 4. The molecule has 0 saturated heterocycles. The van der Waals surface area contributed by atoms with E-state index in [-0.39, 0.29) is 11.1 Å². The van der Waals surface area contributed by atoms with Crippen LogP contribution < -0.4 is 5.32 Å². The van der Waals surface area contributed by atoms with Crippen LogP contribution >= 0.6 is 11.8 Å². The normalized spacial score (nSPS) is 10.9. The minimum Gasteiger partial charge on any atom is -0.339 e. The highest BCUT2D eigenvalue weighted by molar-refractivity contribution is 8.13. The van der Waals surface area contributed by atoms with Crippen LogP contribution in [0.5, 0.6) is 0 Å². The minimum atomic E-state index is -0.231. The number of aryl methyl sites for hydroxylation is 1. The number of thioether (sulfide) groups is 1. The van der Waals surface area contributed by atoms with Crippen LogP contribution in [0.2, 0.25) is 0 Å². The number of rotatable bonds is 5. The lowest BCUT2D eigenvalue weighted by molar-refractivity contribution is -0.111. The van der Waals surface area contributed by atoms with Gasteiger partial charge in [0, 0.05) is 42.0 Å². The molecule has 1 N–H and O–H groups in total. The van der Waals surface area contributed by atoms with Crippen molar-refractivity contribution in [2.75, 3.05) is 19.4 Å². The van der Waals surface area contributed by atoms with Crippen LogP contribution in [-0.4, -0.2) is 39.9 Å². The van der Waals surface area contributed by atoms with E-state index in [4.69, 9.17) is 0 Å². The van der Waals surface area contributed by atoms with Crippen molar-refractivity contribution < 1.29 is 9.59 Å². The zero-order valence-corrected chi connectivity index (χ0v) is 18.2. The van der Waals surface area contributed by atoms with E-state index in [1.54, 1.807) is 32.3 Å². The molecule has 0 aliphatic carbocycles. The first-order chi connectivity index (χ1) is 14.3. The smallest absolute Gasteiger partial charge is 0.285 e. The van der Waals surface area contributed by atoms with Crippen molar-refractivity contribution in [2.24, 2.45) is 0 Å². The van der Waals surface area contributed by atoms with Gasteiger partial charge in [0.25, 0.3) is 5.24 Å². The third-order valence-electron chi connectivity index (χ3n) is 4.44. The van der Waals surface area contributed by atoms with E-state index in [0.29, 0.717) is 5.69 Å². The van der Waals surface area contributed by atoms with Crippen molar-refractivity contribution in [1.82, 2.24) is 14.7 Å². The van der Waals surface area contributed by atoms with Crippen LogP contribution in [0.1, 0.15) is 17.0 Å². The number of carbonyl (C=O) groups is 2. The maximum absolute atomic E-state index is 12.3. The summed E-state index contributed by atoms with van der Waals surface area (Å²) in [5.41, 5.74) is 4.39. The molecular weight excluding hydrogens is 396 g/mol. The molecule has 7 heteroatoms. The molecule has 0 unspecified atom stereocenters. The van der Waals surface area contributed by atoms with E-state index >= 15 is 0 Å². The van der Waals surface area contributed by atoms with Crippen molar-refractivity contribution in [3.63, 3.8) is 0 Å². The average Bonchev–Trinajstić information content (AvgIpc) is 3.02. The van der Waals surface area contributed by atoms with Gasteiger partial charge >= 0.3 is 0 Å². The Labute approximate surface area is 180 Å². The second-order valence-electron chi connectivity index (χ2n) is 6.94. The van der Waals surface area contributed by atoms with Gasteiger partial charge in [0.2, 0.25) is 5.91 Å². The van der Waals surface area contributed by atoms with E-state index in [2.05, 4.69) is 10.4 Å². The van der Waals surface area contributed by atoms with Crippen molar-refractivity contribution in [1.29, 1.82) is 0 Å². The quantitative estimate of drug-likeness (QED) is 0.470. The molecule has 2 aromatic carbocycles. The molecule has 0 bridgehead atoms. The molecule has 0 aliphatic heterocycles. The Morgan fingerprint density at radius 1 is 1.03 bits per heavy atom. The highest BCUT2D eigenvalue weighted by Crippen LogP contribution is 2.23. The highest BCUT2D eigenvalue weighted by atomic mass is 32.2. The number of benzene rings is 2. The average molecular weight is 421 g/mol. The van der Waals surface area contributed by atoms with Crippen LogP contribution in [0.3, 0.4) is 0 Å². The monoisotopic (exact) mass is 420 g/mol. The fourth-order valence-corrected chi connectivity index (χ4v) is 3.51. The van der Waals surface area contributed by atoms with Crippen LogP contribution in [0.25, 0.3) is 11.8 Å². The fourth-order valence-electron chi connectivity index (χ4n) is 2.86. The van der Waals surface area contributed by atoms with Gasteiger partial charge in [-0.3, -0.25) is 9.59 Å². The van der Waals surface area contributed by atoms with Crippen molar-refractivity contribution in [3.05, 3.63) is 77.6 Å². The number of carbonyl (C=O) groups excluding carboxylic acids is 2. The van der Waals surface area contributed by atoms with E-state index in [9.17, 15) is 9.59 Å². The van der Waals surface area contributed by atoms with Gasteiger partial charge in [-0.05, 0) is 68.1 Å². The molecule has 0 fully saturated rings. The Balaban J connectivity index is 1.67. The molecule has 2 amide bonds.